The highest BCUT2D eigenvalue weighted by atomic mass is 17.3. The second kappa shape index (κ2) is 9.28. The van der Waals surface area contributed by atoms with E-state index in [0.717, 1.165) is 16.7 Å². The zero-order valence-corrected chi connectivity index (χ0v) is 17.3. The first-order chi connectivity index (χ1) is 15.8. The second-order valence-electron chi connectivity index (χ2n) is 7.61. The third kappa shape index (κ3) is 4.12. The van der Waals surface area contributed by atoms with Crippen LogP contribution in [-0.4, -0.2) is 12.1 Å². The molecular formula is C28H22O4. The Balaban J connectivity index is 1.54. The van der Waals surface area contributed by atoms with E-state index in [-0.39, 0.29) is 11.7 Å². The minimum atomic E-state index is -0.715. The van der Waals surface area contributed by atoms with Crippen LogP contribution in [0.2, 0.25) is 0 Å². The SMILES string of the molecule is O=C(c1ccccc1)c1ccccc1C(c1ccccc1)C1OOC(c2ccccc2)O1. The van der Waals surface area contributed by atoms with E-state index in [4.69, 9.17) is 14.5 Å². The third-order valence-corrected chi connectivity index (χ3v) is 5.57. The lowest BCUT2D eigenvalue weighted by Gasteiger charge is -2.24. The van der Waals surface area contributed by atoms with Gasteiger partial charge in [-0.15, -0.1) is 0 Å². The van der Waals surface area contributed by atoms with E-state index in [1.165, 1.54) is 0 Å². The van der Waals surface area contributed by atoms with Gasteiger partial charge < -0.3 is 4.74 Å². The molecule has 1 aliphatic rings. The summed E-state index contributed by atoms with van der Waals surface area (Å²) in [5, 5.41) is 0. The van der Waals surface area contributed by atoms with Crippen LogP contribution in [0.4, 0.5) is 0 Å². The number of benzene rings is 4. The molecule has 1 aliphatic heterocycles. The quantitative estimate of drug-likeness (QED) is 0.280. The van der Waals surface area contributed by atoms with Gasteiger partial charge in [0.1, 0.15) is 0 Å². The molecule has 4 heteroatoms. The number of ether oxygens (including phenoxy) is 1. The number of carbonyl (C=O) groups is 1. The lowest BCUT2D eigenvalue weighted by atomic mass is 9.85. The van der Waals surface area contributed by atoms with Crippen LogP contribution in [0.3, 0.4) is 0 Å². The molecule has 1 fully saturated rings. The minimum Gasteiger partial charge on any atom is -0.312 e. The Morgan fingerprint density at radius 3 is 1.97 bits per heavy atom. The Morgan fingerprint density at radius 2 is 1.25 bits per heavy atom. The van der Waals surface area contributed by atoms with Crippen LogP contribution in [-0.2, 0) is 14.5 Å². The van der Waals surface area contributed by atoms with Crippen molar-refractivity contribution in [3.05, 3.63) is 143 Å². The van der Waals surface area contributed by atoms with Gasteiger partial charge in [-0.05, 0) is 11.1 Å². The van der Waals surface area contributed by atoms with E-state index in [0.29, 0.717) is 11.1 Å². The van der Waals surface area contributed by atoms with Gasteiger partial charge in [0.2, 0.25) is 12.6 Å². The number of hydrogen-bond acceptors (Lipinski definition) is 4. The standard InChI is InChI=1S/C28H22O4/c29-26(21-14-6-2-7-15-21)24-19-11-10-18-23(24)25(20-12-4-1-5-13-20)28-30-27(31-32-28)22-16-8-3-9-17-22/h1-19,25,27-28H. The second-order valence-corrected chi connectivity index (χ2v) is 7.61. The van der Waals surface area contributed by atoms with Gasteiger partial charge >= 0.3 is 0 Å². The van der Waals surface area contributed by atoms with Crippen molar-refractivity contribution in [2.75, 3.05) is 0 Å². The minimum absolute atomic E-state index is 0.0411. The summed E-state index contributed by atoms with van der Waals surface area (Å²) in [4.78, 5) is 24.6. The molecule has 5 rings (SSSR count). The van der Waals surface area contributed by atoms with Crippen LogP contribution in [0, 0.1) is 0 Å². The fourth-order valence-electron chi connectivity index (χ4n) is 4.01. The maximum Gasteiger partial charge on any atom is 0.220 e. The number of ketones is 1. The predicted octanol–water partition coefficient (Wildman–Crippen LogP) is 6.05. The number of carbonyl (C=O) groups excluding carboxylic acids is 1. The Hall–Kier alpha value is -3.57. The topological polar surface area (TPSA) is 44.8 Å². The third-order valence-electron chi connectivity index (χ3n) is 5.57. The molecule has 0 bridgehead atoms. The molecule has 0 aliphatic carbocycles. The zero-order chi connectivity index (χ0) is 21.8. The molecule has 32 heavy (non-hydrogen) atoms. The molecule has 0 N–H and O–H groups in total. The van der Waals surface area contributed by atoms with E-state index >= 15 is 0 Å². The lowest BCUT2D eigenvalue weighted by Crippen LogP contribution is -2.23. The Labute approximate surface area is 186 Å². The van der Waals surface area contributed by atoms with Crippen molar-refractivity contribution >= 4 is 5.78 Å². The zero-order valence-electron chi connectivity index (χ0n) is 17.3. The van der Waals surface area contributed by atoms with Crippen LogP contribution >= 0.6 is 0 Å². The number of hydrogen-bond donors (Lipinski definition) is 0. The van der Waals surface area contributed by atoms with Crippen LogP contribution in [0.25, 0.3) is 0 Å². The maximum absolute atomic E-state index is 13.4. The molecule has 0 spiro atoms. The molecule has 0 radical (unpaired) electrons. The van der Waals surface area contributed by atoms with Crippen molar-refractivity contribution in [1.29, 1.82) is 0 Å². The molecule has 4 nitrogen and oxygen atoms in total. The summed E-state index contributed by atoms with van der Waals surface area (Å²) in [5.41, 5.74) is 3.93. The molecule has 4 aromatic rings. The fraction of sp³-hybridized carbons (Fsp3) is 0.107. The van der Waals surface area contributed by atoms with Gasteiger partial charge in [0, 0.05) is 16.7 Å². The first-order valence-corrected chi connectivity index (χ1v) is 10.6. The highest BCUT2D eigenvalue weighted by molar-refractivity contribution is 6.10. The first kappa shape index (κ1) is 20.3. The molecule has 158 valence electrons. The summed E-state index contributed by atoms with van der Waals surface area (Å²) in [6.45, 7) is 0. The Kier molecular flexibility index (Phi) is 5.90. The summed E-state index contributed by atoms with van der Waals surface area (Å²) in [5.74, 6) is -0.394. The Morgan fingerprint density at radius 1 is 0.656 bits per heavy atom. The van der Waals surface area contributed by atoms with Gasteiger partial charge in [0.25, 0.3) is 0 Å². The van der Waals surface area contributed by atoms with Crippen molar-refractivity contribution in [2.45, 2.75) is 18.5 Å². The lowest BCUT2D eigenvalue weighted by molar-refractivity contribution is -0.300. The highest BCUT2D eigenvalue weighted by Crippen LogP contribution is 2.40. The molecule has 0 saturated carbocycles. The first-order valence-electron chi connectivity index (χ1n) is 10.6. The molecule has 4 aromatic carbocycles. The molecular weight excluding hydrogens is 400 g/mol. The highest BCUT2D eigenvalue weighted by Gasteiger charge is 2.38. The van der Waals surface area contributed by atoms with Gasteiger partial charge in [0.05, 0.1) is 5.92 Å². The smallest absolute Gasteiger partial charge is 0.220 e. The van der Waals surface area contributed by atoms with Crippen molar-refractivity contribution in [3.8, 4) is 0 Å². The number of rotatable bonds is 6. The van der Waals surface area contributed by atoms with Crippen molar-refractivity contribution < 1.29 is 19.3 Å². The summed E-state index contributed by atoms with van der Waals surface area (Å²) < 4.78 is 6.20. The molecule has 1 heterocycles. The van der Waals surface area contributed by atoms with Crippen molar-refractivity contribution in [1.82, 2.24) is 0 Å². The van der Waals surface area contributed by atoms with E-state index in [1.807, 2.05) is 115 Å². The van der Waals surface area contributed by atoms with Crippen molar-refractivity contribution in [3.63, 3.8) is 0 Å². The molecule has 3 unspecified atom stereocenters. The molecule has 0 amide bonds. The van der Waals surface area contributed by atoms with Gasteiger partial charge in [-0.3, -0.25) is 4.79 Å². The summed E-state index contributed by atoms with van der Waals surface area (Å²) in [6, 6.07) is 36.5. The van der Waals surface area contributed by atoms with Crippen molar-refractivity contribution in [2.24, 2.45) is 0 Å². The summed E-state index contributed by atoms with van der Waals surface area (Å²) in [7, 11) is 0. The largest absolute Gasteiger partial charge is 0.312 e. The molecule has 1 saturated heterocycles. The van der Waals surface area contributed by atoms with E-state index in [2.05, 4.69) is 0 Å². The van der Waals surface area contributed by atoms with Crippen LogP contribution in [0.5, 0.6) is 0 Å². The molecule has 0 aromatic heterocycles. The average Bonchev–Trinajstić information content (AvgIpc) is 3.36. The monoisotopic (exact) mass is 422 g/mol. The van der Waals surface area contributed by atoms with Gasteiger partial charge in [0.15, 0.2) is 5.78 Å². The van der Waals surface area contributed by atoms with E-state index < -0.39 is 12.6 Å². The van der Waals surface area contributed by atoms with Crippen LogP contribution < -0.4 is 0 Å². The van der Waals surface area contributed by atoms with Gasteiger partial charge in [-0.25, -0.2) is 4.89 Å². The van der Waals surface area contributed by atoms with Gasteiger partial charge in [-0.1, -0.05) is 115 Å². The Bertz CT molecular complexity index is 1180. The average molecular weight is 422 g/mol. The van der Waals surface area contributed by atoms with E-state index in [9.17, 15) is 4.79 Å². The van der Waals surface area contributed by atoms with Crippen LogP contribution in [0.15, 0.2) is 115 Å². The van der Waals surface area contributed by atoms with Gasteiger partial charge in [-0.2, -0.15) is 4.89 Å². The normalized spacial score (nSPS) is 18.9. The van der Waals surface area contributed by atoms with Crippen LogP contribution in [0.1, 0.15) is 44.8 Å². The molecule has 3 atom stereocenters. The predicted molar refractivity (Wildman–Crippen MR) is 121 cm³/mol. The fourth-order valence-corrected chi connectivity index (χ4v) is 4.01. The summed E-state index contributed by atoms with van der Waals surface area (Å²) >= 11 is 0. The van der Waals surface area contributed by atoms with E-state index in [1.54, 1.807) is 0 Å². The maximum atomic E-state index is 13.4. The summed E-state index contributed by atoms with van der Waals surface area (Å²) in [6.07, 6.45) is -1.35.